The third-order valence-corrected chi connectivity index (χ3v) is 5.94. The zero-order chi connectivity index (χ0) is 15.1. The summed E-state index contributed by atoms with van der Waals surface area (Å²) >= 11 is 1.47. The summed E-state index contributed by atoms with van der Waals surface area (Å²) in [6, 6.07) is 2.19. The molecule has 2 aromatic heterocycles. The average molecular weight is 315 g/mol. The molecular formula is C17H21N3OS. The van der Waals surface area contributed by atoms with Gasteiger partial charge in [0.05, 0.1) is 5.69 Å². The Morgan fingerprint density at radius 2 is 1.91 bits per heavy atom. The zero-order valence-electron chi connectivity index (χ0n) is 12.7. The number of amides is 1. The first-order valence-corrected chi connectivity index (χ1v) is 9.06. The fraction of sp³-hybridized carbons (Fsp3) is 0.529. The molecular weight excluding hydrogens is 294 g/mol. The van der Waals surface area contributed by atoms with E-state index in [9.17, 15) is 4.79 Å². The summed E-state index contributed by atoms with van der Waals surface area (Å²) in [5, 5.41) is 0.980. The molecule has 1 fully saturated rings. The van der Waals surface area contributed by atoms with Crippen molar-refractivity contribution in [1.29, 1.82) is 0 Å². The van der Waals surface area contributed by atoms with Crippen molar-refractivity contribution >= 4 is 33.1 Å². The molecule has 1 aliphatic heterocycles. The molecule has 4 nitrogen and oxygen atoms in total. The van der Waals surface area contributed by atoms with Gasteiger partial charge in [0.1, 0.15) is 9.71 Å². The van der Waals surface area contributed by atoms with Gasteiger partial charge < -0.3 is 10.6 Å². The normalized spacial score (nSPS) is 18.5. The van der Waals surface area contributed by atoms with Crippen molar-refractivity contribution in [2.75, 3.05) is 18.8 Å². The fourth-order valence-electron chi connectivity index (χ4n) is 3.56. The molecule has 3 heterocycles. The second-order valence-electron chi connectivity index (χ2n) is 6.35. The number of carbonyl (C=O) groups excluding carboxylic acids is 1. The van der Waals surface area contributed by atoms with E-state index >= 15 is 0 Å². The smallest absolute Gasteiger partial charge is 0.266 e. The molecule has 2 aliphatic rings. The molecule has 0 aromatic carbocycles. The number of aryl methyl sites for hydroxylation is 2. The molecule has 5 heteroatoms. The second-order valence-corrected chi connectivity index (χ2v) is 7.35. The third-order valence-electron chi connectivity index (χ3n) is 4.84. The van der Waals surface area contributed by atoms with Crippen LogP contribution in [0.2, 0.25) is 0 Å². The van der Waals surface area contributed by atoms with Gasteiger partial charge in [-0.15, -0.1) is 11.3 Å². The molecule has 2 aromatic rings. The number of likely N-dealkylation sites (tertiary alicyclic amines) is 1. The van der Waals surface area contributed by atoms with Crippen LogP contribution in [0.5, 0.6) is 0 Å². The number of thiophene rings is 1. The van der Waals surface area contributed by atoms with Gasteiger partial charge in [0.25, 0.3) is 5.91 Å². The summed E-state index contributed by atoms with van der Waals surface area (Å²) in [6.07, 6.45) is 8.06. The lowest BCUT2D eigenvalue weighted by molar-refractivity contribution is 0.0798. The van der Waals surface area contributed by atoms with Crippen LogP contribution in [0.25, 0.3) is 10.2 Å². The highest BCUT2D eigenvalue weighted by molar-refractivity contribution is 7.21. The maximum Gasteiger partial charge on any atom is 0.266 e. The SMILES string of the molecule is Nc1c(C(=O)N2CCCC2)sc2nc3c(cc12)CCCCC3. The summed E-state index contributed by atoms with van der Waals surface area (Å²) < 4.78 is 0. The van der Waals surface area contributed by atoms with E-state index in [1.165, 1.54) is 41.9 Å². The van der Waals surface area contributed by atoms with Crippen molar-refractivity contribution in [1.82, 2.24) is 9.88 Å². The Morgan fingerprint density at radius 1 is 1.14 bits per heavy atom. The number of aromatic nitrogens is 1. The predicted molar refractivity (Wildman–Crippen MR) is 90.4 cm³/mol. The average Bonchev–Trinajstić information content (AvgIpc) is 3.09. The van der Waals surface area contributed by atoms with Crippen molar-refractivity contribution in [2.45, 2.75) is 44.9 Å². The predicted octanol–water partition coefficient (Wildman–Crippen LogP) is 3.38. The van der Waals surface area contributed by atoms with Crippen LogP contribution in [0.15, 0.2) is 6.07 Å². The first-order valence-electron chi connectivity index (χ1n) is 8.24. The Kier molecular flexibility index (Phi) is 3.53. The lowest BCUT2D eigenvalue weighted by Crippen LogP contribution is -2.27. The minimum absolute atomic E-state index is 0.0909. The number of rotatable bonds is 1. The number of pyridine rings is 1. The second kappa shape index (κ2) is 5.54. The molecule has 1 amide bonds. The summed E-state index contributed by atoms with van der Waals surface area (Å²) in [4.78, 5) is 21.0. The summed E-state index contributed by atoms with van der Waals surface area (Å²) in [5.41, 5.74) is 9.48. The zero-order valence-corrected chi connectivity index (χ0v) is 13.5. The quantitative estimate of drug-likeness (QED) is 0.821. The van der Waals surface area contributed by atoms with Gasteiger partial charge >= 0.3 is 0 Å². The van der Waals surface area contributed by atoms with E-state index in [1.54, 1.807) is 0 Å². The van der Waals surface area contributed by atoms with E-state index < -0.39 is 0 Å². The van der Waals surface area contributed by atoms with Crippen LogP contribution in [0.3, 0.4) is 0 Å². The standard InChI is InChI=1S/C17H21N3OS/c18-14-12-10-11-6-2-1-3-7-13(11)19-16(12)22-15(14)17(21)20-8-4-5-9-20/h10H,1-9,18H2. The van der Waals surface area contributed by atoms with Crippen LogP contribution in [0, 0.1) is 0 Å². The van der Waals surface area contributed by atoms with Gasteiger partial charge in [-0.25, -0.2) is 4.98 Å². The molecule has 0 saturated carbocycles. The monoisotopic (exact) mass is 315 g/mol. The highest BCUT2D eigenvalue weighted by atomic mass is 32.1. The molecule has 0 unspecified atom stereocenters. The van der Waals surface area contributed by atoms with Crippen LogP contribution in [-0.4, -0.2) is 28.9 Å². The fourth-order valence-corrected chi connectivity index (χ4v) is 4.62. The molecule has 0 atom stereocenters. The van der Waals surface area contributed by atoms with Crippen LogP contribution < -0.4 is 5.73 Å². The number of fused-ring (bicyclic) bond motifs is 2. The number of nitrogens with zero attached hydrogens (tertiary/aromatic N) is 2. The summed E-state index contributed by atoms with van der Waals surface area (Å²) in [7, 11) is 0. The topological polar surface area (TPSA) is 59.2 Å². The van der Waals surface area contributed by atoms with Crippen molar-refractivity contribution in [2.24, 2.45) is 0 Å². The van der Waals surface area contributed by atoms with Crippen LogP contribution >= 0.6 is 11.3 Å². The third kappa shape index (κ3) is 2.28. The van der Waals surface area contributed by atoms with Crippen LogP contribution in [-0.2, 0) is 12.8 Å². The summed E-state index contributed by atoms with van der Waals surface area (Å²) in [5.74, 6) is 0.0909. The van der Waals surface area contributed by atoms with E-state index in [0.717, 1.165) is 49.0 Å². The number of hydrogen-bond donors (Lipinski definition) is 1. The van der Waals surface area contributed by atoms with Gasteiger partial charge in [0.2, 0.25) is 0 Å². The van der Waals surface area contributed by atoms with Crippen molar-refractivity contribution in [3.63, 3.8) is 0 Å². The number of anilines is 1. The highest BCUT2D eigenvalue weighted by Crippen LogP contribution is 2.36. The Bertz CT molecular complexity index is 731. The Labute approximate surface area is 134 Å². The Morgan fingerprint density at radius 3 is 2.73 bits per heavy atom. The van der Waals surface area contributed by atoms with E-state index in [4.69, 9.17) is 10.7 Å². The summed E-state index contributed by atoms with van der Waals surface area (Å²) in [6.45, 7) is 1.72. The molecule has 4 rings (SSSR count). The molecule has 2 N–H and O–H groups in total. The lowest BCUT2D eigenvalue weighted by atomic mass is 10.1. The Hall–Kier alpha value is -1.62. The molecule has 116 valence electrons. The molecule has 0 radical (unpaired) electrons. The molecule has 1 aliphatic carbocycles. The van der Waals surface area contributed by atoms with Crippen molar-refractivity contribution in [3.05, 3.63) is 22.2 Å². The van der Waals surface area contributed by atoms with E-state index in [1.807, 2.05) is 4.90 Å². The van der Waals surface area contributed by atoms with Gasteiger partial charge in [-0.2, -0.15) is 0 Å². The van der Waals surface area contributed by atoms with Gasteiger partial charge in [-0.3, -0.25) is 4.79 Å². The van der Waals surface area contributed by atoms with E-state index in [0.29, 0.717) is 10.6 Å². The Balaban J connectivity index is 1.78. The van der Waals surface area contributed by atoms with Gasteiger partial charge in [-0.1, -0.05) is 6.42 Å². The number of carbonyl (C=O) groups is 1. The van der Waals surface area contributed by atoms with Crippen LogP contribution in [0.4, 0.5) is 5.69 Å². The van der Waals surface area contributed by atoms with Gasteiger partial charge in [-0.05, 0) is 50.2 Å². The van der Waals surface area contributed by atoms with Gasteiger partial charge in [0, 0.05) is 24.2 Å². The van der Waals surface area contributed by atoms with E-state index in [2.05, 4.69) is 6.07 Å². The van der Waals surface area contributed by atoms with E-state index in [-0.39, 0.29) is 5.91 Å². The molecule has 22 heavy (non-hydrogen) atoms. The van der Waals surface area contributed by atoms with Gasteiger partial charge in [0.15, 0.2) is 0 Å². The number of nitrogens with two attached hydrogens (primary N) is 1. The molecule has 0 bridgehead atoms. The highest BCUT2D eigenvalue weighted by Gasteiger charge is 2.25. The maximum atomic E-state index is 12.6. The molecule has 0 spiro atoms. The first kappa shape index (κ1) is 14.0. The van der Waals surface area contributed by atoms with Crippen LogP contribution in [0.1, 0.15) is 53.0 Å². The molecule has 1 saturated heterocycles. The lowest BCUT2D eigenvalue weighted by Gasteiger charge is -2.14. The number of nitrogen functional groups attached to an aromatic ring is 1. The van der Waals surface area contributed by atoms with Crippen molar-refractivity contribution in [3.8, 4) is 0 Å². The minimum Gasteiger partial charge on any atom is -0.397 e. The van der Waals surface area contributed by atoms with Crippen molar-refractivity contribution < 1.29 is 4.79 Å². The largest absolute Gasteiger partial charge is 0.397 e. The number of hydrogen-bond acceptors (Lipinski definition) is 4. The minimum atomic E-state index is 0.0909. The first-order chi connectivity index (χ1) is 10.7. The maximum absolute atomic E-state index is 12.6.